The number of aromatic nitrogens is 1. The minimum atomic E-state index is -0.509. The van der Waals surface area contributed by atoms with Crippen LogP contribution in [-0.2, 0) is 25.4 Å². The van der Waals surface area contributed by atoms with Crippen molar-refractivity contribution in [2.75, 3.05) is 38.2 Å². The second-order valence-corrected chi connectivity index (χ2v) is 10.2. The maximum Gasteiger partial charge on any atom is 0.496 e. The average molecular weight is 433 g/mol. The van der Waals surface area contributed by atoms with Gasteiger partial charge < -0.3 is 28.6 Å². The quantitative estimate of drug-likeness (QED) is 0.676. The minimum Gasteiger partial charge on any atom is -0.444 e. The fourth-order valence-electron chi connectivity index (χ4n) is 3.58. The predicted molar refractivity (Wildman–Crippen MR) is 121 cm³/mol. The molecule has 0 N–H and O–H groups in total. The zero-order valence-electron chi connectivity index (χ0n) is 20.2. The number of methoxy groups -OCH3 is 1. The molecule has 172 valence electrons. The van der Waals surface area contributed by atoms with E-state index in [4.69, 9.17) is 18.8 Å². The number of ether oxygens (including phenoxy) is 2. The SMILES string of the molecule is COCc1ncc(N2CCN(C(=O)OC(C)(C)C)CC2)cc1B1OC(C)(C)C(C)(C)O1. The van der Waals surface area contributed by atoms with Crippen LogP contribution in [0.1, 0.15) is 54.2 Å². The summed E-state index contributed by atoms with van der Waals surface area (Å²) in [6.07, 6.45) is 1.59. The average Bonchev–Trinajstić information content (AvgIpc) is 2.88. The Hall–Kier alpha value is -1.84. The largest absolute Gasteiger partial charge is 0.496 e. The van der Waals surface area contributed by atoms with Crippen molar-refractivity contribution in [1.29, 1.82) is 0 Å². The van der Waals surface area contributed by atoms with Crippen molar-refractivity contribution in [2.45, 2.75) is 71.9 Å². The van der Waals surface area contributed by atoms with E-state index in [1.165, 1.54) is 0 Å². The Bertz CT molecular complexity index is 785. The van der Waals surface area contributed by atoms with Crippen molar-refractivity contribution in [3.05, 3.63) is 18.0 Å². The second kappa shape index (κ2) is 8.60. The molecule has 3 rings (SSSR count). The van der Waals surface area contributed by atoms with Crippen LogP contribution in [0, 0.1) is 0 Å². The van der Waals surface area contributed by atoms with Crippen LogP contribution in [0.25, 0.3) is 0 Å². The van der Waals surface area contributed by atoms with Gasteiger partial charge in [0, 0.05) is 38.8 Å². The van der Waals surface area contributed by atoms with Crippen molar-refractivity contribution in [3.63, 3.8) is 0 Å². The number of pyridine rings is 1. The molecule has 0 unspecified atom stereocenters. The summed E-state index contributed by atoms with van der Waals surface area (Å²) < 4.78 is 23.4. The molecule has 9 heteroatoms. The number of rotatable bonds is 4. The lowest BCUT2D eigenvalue weighted by Gasteiger charge is -2.36. The van der Waals surface area contributed by atoms with Gasteiger partial charge >= 0.3 is 13.2 Å². The molecule has 2 aliphatic rings. The molecule has 2 saturated heterocycles. The fourth-order valence-corrected chi connectivity index (χ4v) is 3.58. The van der Waals surface area contributed by atoms with Gasteiger partial charge in [-0.3, -0.25) is 4.98 Å². The van der Waals surface area contributed by atoms with E-state index in [2.05, 4.69) is 16.0 Å². The van der Waals surface area contributed by atoms with E-state index in [0.717, 1.165) is 16.8 Å². The molecular weight excluding hydrogens is 397 g/mol. The molecule has 0 aromatic carbocycles. The molecule has 1 aromatic heterocycles. The number of amides is 1. The molecule has 2 aliphatic heterocycles. The first kappa shape index (κ1) is 23.8. The third kappa shape index (κ3) is 5.33. The van der Waals surface area contributed by atoms with Gasteiger partial charge in [0.25, 0.3) is 0 Å². The first-order chi connectivity index (χ1) is 14.3. The van der Waals surface area contributed by atoms with Crippen molar-refractivity contribution >= 4 is 24.4 Å². The lowest BCUT2D eigenvalue weighted by atomic mass is 9.77. The number of hydrogen-bond donors (Lipinski definition) is 0. The van der Waals surface area contributed by atoms with Gasteiger partial charge in [-0.15, -0.1) is 0 Å². The third-order valence-corrected chi connectivity index (χ3v) is 6.07. The molecule has 3 heterocycles. The van der Waals surface area contributed by atoms with E-state index in [0.29, 0.717) is 32.8 Å². The Morgan fingerprint density at radius 2 is 1.71 bits per heavy atom. The lowest BCUT2D eigenvalue weighted by Crippen LogP contribution is -2.50. The van der Waals surface area contributed by atoms with Crippen LogP contribution in [0.3, 0.4) is 0 Å². The number of carbonyl (C=O) groups is 1. The van der Waals surface area contributed by atoms with Crippen molar-refractivity contribution < 1.29 is 23.6 Å². The molecule has 0 bridgehead atoms. The number of piperazine rings is 1. The van der Waals surface area contributed by atoms with Gasteiger partial charge in [-0.05, 0) is 54.5 Å². The smallest absolute Gasteiger partial charge is 0.444 e. The standard InChI is InChI=1S/C22H36BN3O5/c1-20(2,3)29-19(27)26-11-9-25(10-12-26)16-13-17(18(15-28-8)24-14-16)23-30-21(4,5)22(6,7)31-23/h13-14H,9-12,15H2,1-8H3. The van der Waals surface area contributed by atoms with Crippen LogP contribution in [0.5, 0.6) is 0 Å². The van der Waals surface area contributed by atoms with Gasteiger partial charge in [0.15, 0.2) is 0 Å². The number of nitrogens with zero attached hydrogens (tertiary/aromatic N) is 3. The van der Waals surface area contributed by atoms with E-state index in [1.807, 2.05) is 54.7 Å². The first-order valence-corrected chi connectivity index (χ1v) is 10.9. The van der Waals surface area contributed by atoms with E-state index >= 15 is 0 Å². The van der Waals surface area contributed by atoms with Gasteiger partial charge in [0.2, 0.25) is 0 Å². The Labute approximate surface area is 186 Å². The van der Waals surface area contributed by atoms with Gasteiger partial charge in [0.05, 0.1) is 35.4 Å². The van der Waals surface area contributed by atoms with Crippen molar-refractivity contribution in [2.24, 2.45) is 0 Å². The molecule has 0 aliphatic carbocycles. The van der Waals surface area contributed by atoms with Gasteiger partial charge in [-0.25, -0.2) is 4.79 Å². The molecule has 1 amide bonds. The van der Waals surface area contributed by atoms with Crippen molar-refractivity contribution in [1.82, 2.24) is 9.88 Å². The van der Waals surface area contributed by atoms with Crippen LogP contribution in [-0.4, -0.2) is 73.2 Å². The van der Waals surface area contributed by atoms with E-state index in [9.17, 15) is 4.79 Å². The van der Waals surface area contributed by atoms with Crippen molar-refractivity contribution in [3.8, 4) is 0 Å². The summed E-state index contributed by atoms with van der Waals surface area (Å²) in [5, 5.41) is 0. The fraction of sp³-hybridized carbons (Fsp3) is 0.727. The topological polar surface area (TPSA) is 73.4 Å². The predicted octanol–water partition coefficient (Wildman–Crippen LogP) is 2.58. The Balaban J connectivity index is 1.75. The zero-order chi connectivity index (χ0) is 23.0. The Morgan fingerprint density at radius 3 is 2.23 bits per heavy atom. The van der Waals surface area contributed by atoms with Gasteiger partial charge in [-0.2, -0.15) is 0 Å². The number of carbonyl (C=O) groups excluding carboxylic acids is 1. The maximum absolute atomic E-state index is 12.3. The van der Waals surface area contributed by atoms with E-state index in [1.54, 1.807) is 12.0 Å². The molecule has 0 saturated carbocycles. The summed E-state index contributed by atoms with van der Waals surface area (Å²) in [5.74, 6) is 0. The monoisotopic (exact) mass is 433 g/mol. The zero-order valence-corrected chi connectivity index (χ0v) is 20.2. The molecule has 0 radical (unpaired) electrons. The normalized spacial score (nSPS) is 20.8. The molecular formula is C22H36BN3O5. The summed E-state index contributed by atoms with van der Waals surface area (Å²) in [7, 11) is 1.14. The molecule has 2 fully saturated rings. The molecule has 0 spiro atoms. The third-order valence-electron chi connectivity index (χ3n) is 6.07. The number of hydrogen-bond acceptors (Lipinski definition) is 7. The van der Waals surface area contributed by atoms with Crippen LogP contribution in [0.15, 0.2) is 12.3 Å². The van der Waals surface area contributed by atoms with Crippen LogP contribution < -0.4 is 10.4 Å². The summed E-state index contributed by atoms with van der Waals surface area (Å²) >= 11 is 0. The van der Waals surface area contributed by atoms with E-state index < -0.39 is 23.9 Å². The Morgan fingerprint density at radius 1 is 1.13 bits per heavy atom. The van der Waals surface area contributed by atoms with Gasteiger partial charge in [-0.1, -0.05) is 0 Å². The molecule has 1 aromatic rings. The summed E-state index contributed by atoms with van der Waals surface area (Å²) in [6.45, 7) is 16.8. The molecule has 8 nitrogen and oxygen atoms in total. The number of anilines is 1. The summed E-state index contributed by atoms with van der Waals surface area (Å²) in [4.78, 5) is 21.0. The van der Waals surface area contributed by atoms with Crippen LogP contribution in [0.2, 0.25) is 0 Å². The molecule has 0 atom stereocenters. The molecule has 31 heavy (non-hydrogen) atoms. The Kier molecular flexibility index (Phi) is 6.61. The minimum absolute atomic E-state index is 0.265. The van der Waals surface area contributed by atoms with Gasteiger partial charge in [0.1, 0.15) is 5.60 Å². The highest BCUT2D eigenvalue weighted by molar-refractivity contribution is 6.62. The van der Waals surface area contributed by atoms with Crippen LogP contribution in [0.4, 0.5) is 10.5 Å². The maximum atomic E-state index is 12.3. The highest BCUT2D eigenvalue weighted by Crippen LogP contribution is 2.37. The first-order valence-electron chi connectivity index (χ1n) is 10.9. The highest BCUT2D eigenvalue weighted by atomic mass is 16.7. The highest BCUT2D eigenvalue weighted by Gasteiger charge is 2.52. The second-order valence-electron chi connectivity index (χ2n) is 10.2. The van der Waals surface area contributed by atoms with E-state index in [-0.39, 0.29) is 6.09 Å². The summed E-state index contributed by atoms with van der Waals surface area (Å²) in [6, 6.07) is 2.08. The summed E-state index contributed by atoms with van der Waals surface area (Å²) in [5.41, 5.74) is 1.30. The lowest BCUT2D eigenvalue weighted by molar-refractivity contribution is 0.00578. The van der Waals surface area contributed by atoms with Crippen LogP contribution >= 0.6 is 0 Å².